The second kappa shape index (κ2) is 16.7. The Morgan fingerprint density at radius 2 is 1.71 bits per heavy atom. The molecule has 0 saturated heterocycles. The van der Waals surface area contributed by atoms with Gasteiger partial charge in [-0.15, -0.1) is 0 Å². The van der Waals surface area contributed by atoms with Gasteiger partial charge in [-0.1, -0.05) is 48.8 Å². The molecule has 1 amide bonds. The largest absolute Gasteiger partial charge is 0.506 e. The predicted molar refractivity (Wildman–Crippen MR) is 161 cm³/mol. The first-order valence-corrected chi connectivity index (χ1v) is 16.2. The third kappa shape index (κ3) is 11.8. The van der Waals surface area contributed by atoms with Crippen LogP contribution in [0.4, 0.5) is 4.39 Å². The number of nitrogens with one attached hydrogen (secondary N) is 3. The van der Waals surface area contributed by atoms with E-state index in [2.05, 4.69) is 20.5 Å². The maximum absolute atomic E-state index is 13.3. The molecule has 1 aliphatic carbocycles. The first kappa shape index (κ1) is 33.6. The van der Waals surface area contributed by atoms with Gasteiger partial charge in [-0.3, -0.25) is 18.7 Å². The third-order valence-electron chi connectivity index (χ3n) is 7.07. The highest BCUT2D eigenvalue weighted by Gasteiger charge is 2.24. The molecule has 0 spiro atoms. The molecule has 1 heterocycles. The fourth-order valence-electron chi connectivity index (χ4n) is 5.11. The molecule has 0 aliphatic heterocycles. The normalized spacial score (nSPS) is 14.0. The minimum atomic E-state index is -4.67. The summed E-state index contributed by atoms with van der Waals surface area (Å²) in [5.41, 5.74) is 2.48. The third-order valence-corrected chi connectivity index (χ3v) is 8.03. The first-order chi connectivity index (χ1) is 20.0. The smallest absolute Gasteiger partial charge is 0.394 e. The number of halogens is 1. The lowest BCUT2D eigenvalue weighted by molar-refractivity contribution is -0.134. The summed E-state index contributed by atoms with van der Waals surface area (Å²) in [4.78, 5) is 29.5. The van der Waals surface area contributed by atoms with Crippen molar-refractivity contribution < 1.29 is 31.8 Å². The van der Waals surface area contributed by atoms with E-state index in [1.54, 1.807) is 18.2 Å². The van der Waals surface area contributed by atoms with E-state index in [0.29, 0.717) is 44.2 Å². The minimum Gasteiger partial charge on any atom is -0.506 e. The van der Waals surface area contributed by atoms with Gasteiger partial charge in [0.05, 0.1) is 4.70 Å². The number of phenols is 1. The Balaban J connectivity index is 0.000000892. The van der Waals surface area contributed by atoms with E-state index < -0.39 is 10.4 Å². The van der Waals surface area contributed by atoms with E-state index in [0.717, 1.165) is 59.4 Å². The van der Waals surface area contributed by atoms with Crippen LogP contribution >= 0.6 is 11.3 Å². The molecule has 1 aromatic heterocycles. The summed E-state index contributed by atoms with van der Waals surface area (Å²) in [7, 11) is -4.67. The fraction of sp³-hybridized carbons (Fsp3) is 0.500. The number of thiazole rings is 1. The van der Waals surface area contributed by atoms with E-state index >= 15 is 0 Å². The zero-order chi connectivity index (χ0) is 30.5. The van der Waals surface area contributed by atoms with Gasteiger partial charge in [0.2, 0.25) is 5.91 Å². The molecule has 42 heavy (non-hydrogen) atoms. The number of hydrogen-bond acceptors (Lipinski definition) is 8. The molecule has 1 aliphatic rings. The van der Waals surface area contributed by atoms with Crippen molar-refractivity contribution in [2.24, 2.45) is 0 Å². The van der Waals surface area contributed by atoms with Gasteiger partial charge < -0.3 is 25.6 Å². The van der Waals surface area contributed by atoms with Gasteiger partial charge >= 0.3 is 15.3 Å². The minimum absolute atomic E-state index is 0.0927. The van der Waals surface area contributed by atoms with Crippen LogP contribution in [-0.2, 0) is 28.0 Å². The highest BCUT2D eigenvalue weighted by molar-refractivity contribution is 7.79. The quantitative estimate of drug-likeness (QED) is 0.123. The van der Waals surface area contributed by atoms with Crippen molar-refractivity contribution in [3.63, 3.8) is 0 Å². The molecular weight excluding hydrogens is 587 g/mol. The van der Waals surface area contributed by atoms with E-state index in [9.17, 15) is 19.1 Å². The number of phenolic OH excluding ortho intramolecular Hbond substituents is 1. The van der Waals surface area contributed by atoms with E-state index in [1.165, 1.54) is 25.3 Å². The molecule has 11 nitrogen and oxygen atoms in total. The van der Waals surface area contributed by atoms with Crippen LogP contribution in [0.3, 0.4) is 0 Å². The molecule has 6 N–H and O–H groups in total. The maximum atomic E-state index is 13.3. The van der Waals surface area contributed by atoms with Crippen molar-refractivity contribution in [2.45, 2.75) is 57.4 Å². The Hall–Kier alpha value is -2.88. The summed E-state index contributed by atoms with van der Waals surface area (Å²) in [6.45, 7) is 3.43. The van der Waals surface area contributed by atoms with Crippen LogP contribution < -0.4 is 15.5 Å². The fourth-order valence-corrected chi connectivity index (χ4v) is 6.01. The Bertz CT molecular complexity index is 1450. The summed E-state index contributed by atoms with van der Waals surface area (Å²) in [6.07, 6.45) is 7.64. The van der Waals surface area contributed by atoms with E-state index in [1.807, 2.05) is 12.1 Å². The first-order valence-electron chi connectivity index (χ1n) is 14.0. The lowest BCUT2D eigenvalue weighted by Crippen LogP contribution is -2.45. The number of H-pyrrole nitrogens is 1. The molecule has 1 fully saturated rings. The number of rotatable bonds is 13. The number of carbonyl (C=O) groups is 1. The van der Waals surface area contributed by atoms with Crippen LogP contribution in [0.5, 0.6) is 5.75 Å². The molecule has 232 valence electrons. The molecule has 0 radical (unpaired) electrons. The summed E-state index contributed by atoms with van der Waals surface area (Å²) < 4.78 is 45.7. The van der Waals surface area contributed by atoms with Crippen molar-refractivity contribution in [1.29, 1.82) is 0 Å². The number of nitrogens with zero attached hydrogens (tertiary/aromatic N) is 1. The summed E-state index contributed by atoms with van der Waals surface area (Å²) in [5.74, 6) is 0.0572. The van der Waals surface area contributed by atoms with Crippen LogP contribution in [0.2, 0.25) is 0 Å². The predicted octanol–water partition coefficient (Wildman–Crippen LogP) is 3.30. The summed E-state index contributed by atoms with van der Waals surface area (Å²) in [6, 6.07) is 10.4. The summed E-state index contributed by atoms with van der Waals surface area (Å²) in [5, 5.41) is 16.8. The molecule has 0 atom stereocenters. The van der Waals surface area contributed by atoms with Crippen LogP contribution in [0.1, 0.15) is 49.7 Å². The molecular formula is C28H39FN4O7S2. The summed E-state index contributed by atoms with van der Waals surface area (Å²) >= 11 is 1.12. The zero-order valence-corrected chi connectivity index (χ0v) is 25.0. The SMILES string of the molecule is O=C(CCNCCc1cccc(F)c1)N(CCNCCc1ccc(O)c2[nH]c(=O)sc12)C1CCCCC1.O=S(=O)(O)O. The van der Waals surface area contributed by atoms with Crippen molar-refractivity contribution >= 4 is 37.9 Å². The Labute approximate surface area is 248 Å². The standard InChI is InChI=1S/C28H37FN4O3S.H2O4S/c29-22-6-4-5-20(19-22)11-14-30-16-13-25(35)33(23-7-2-1-3-8-23)18-17-31-15-12-21-9-10-24(34)26-27(21)37-28(36)32-26;1-5(2,3)4/h4-6,9-10,19,23,30-31,34H,1-3,7-8,11-18H2,(H,32,36);(H2,1,2,3,4). The average Bonchev–Trinajstić information content (AvgIpc) is 3.33. The topological polar surface area (TPSA) is 172 Å². The molecule has 14 heteroatoms. The highest BCUT2D eigenvalue weighted by atomic mass is 32.3. The lowest BCUT2D eigenvalue weighted by Gasteiger charge is -2.34. The molecule has 1 saturated carbocycles. The van der Waals surface area contributed by atoms with Crippen LogP contribution in [0.15, 0.2) is 41.2 Å². The number of benzene rings is 2. The van der Waals surface area contributed by atoms with Crippen LogP contribution in [0.25, 0.3) is 10.2 Å². The number of hydrogen-bond donors (Lipinski definition) is 6. The number of fused-ring (bicyclic) bond motifs is 1. The Morgan fingerprint density at radius 3 is 2.43 bits per heavy atom. The average molecular weight is 627 g/mol. The van der Waals surface area contributed by atoms with Crippen molar-refractivity contribution in [1.82, 2.24) is 20.5 Å². The lowest BCUT2D eigenvalue weighted by atomic mass is 9.94. The second-order valence-electron chi connectivity index (χ2n) is 10.2. The Morgan fingerprint density at radius 1 is 1.02 bits per heavy atom. The molecule has 3 aromatic rings. The number of aromatic hydroxyl groups is 1. The van der Waals surface area contributed by atoms with Gasteiger partial charge in [0.25, 0.3) is 0 Å². The number of amides is 1. The van der Waals surface area contributed by atoms with Gasteiger partial charge in [0.1, 0.15) is 17.1 Å². The van der Waals surface area contributed by atoms with Crippen molar-refractivity contribution in [3.8, 4) is 5.75 Å². The highest BCUT2D eigenvalue weighted by Crippen LogP contribution is 2.28. The second-order valence-corrected chi connectivity index (χ2v) is 12.0. The number of aromatic amines is 1. The van der Waals surface area contributed by atoms with Gasteiger partial charge in [0.15, 0.2) is 0 Å². The number of carbonyl (C=O) groups excluding carboxylic acids is 1. The van der Waals surface area contributed by atoms with Gasteiger partial charge in [0, 0.05) is 32.1 Å². The Kier molecular flexibility index (Phi) is 13.4. The molecule has 2 aromatic carbocycles. The van der Waals surface area contributed by atoms with Crippen LogP contribution in [0, 0.1) is 5.82 Å². The maximum Gasteiger partial charge on any atom is 0.394 e. The molecule has 0 bridgehead atoms. The zero-order valence-electron chi connectivity index (χ0n) is 23.4. The molecule has 0 unspecified atom stereocenters. The van der Waals surface area contributed by atoms with Gasteiger partial charge in [-0.2, -0.15) is 8.42 Å². The van der Waals surface area contributed by atoms with Gasteiger partial charge in [-0.05, 0) is 68.1 Å². The monoisotopic (exact) mass is 626 g/mol. The van der Waals surface area contributed by atoms with Gasteiger partial charge in [-0.25, -0.2) is 4.39 Å². The van der Waals surface area contributed by atoms with Crippen molar-refractivity contribution in [2.75, 3.05) is 32.7 Å². The van der Waals surface area contributed by atoms with Crippen LogP contribution in [-0.4, -0.2) is 77.2 Å². The van der Waals surface area contributed by atoms with Crippen molar-refractivity contribution in [3.05, 3.63) is 63.0 Å². The van der Waals surface area contributed by atoms with E-state index in [-0.39, 0.29) is 22.3 Å². The molecule has 4 rings (SSSR count). The van der Waals surface area contributed by atoms with E-state index in [4.69, 9.17) is 17.5 Å². The number of aromatic nitrogens is 1.